The maximum atomic E-state index is 12.5. The summed E-state index contributed by atoms with van der Waals surface area (Å²) in [4.78, 5) is 24.5. The zero-order valence-corrected chi connectivity index (χ0v) is 17.2. The molecule has 0 aromatic heterocycles. The Morgan fingerprint density at radius 2 is 1.96 bits per heavy atom. The van der Waals surface area contributed by atoms with E-state index in [9.17, 15) is 9.59 Å². The van der Waals surface area contributed by atoms with Gasteiger partial charge in [-0.25, -0.2) is 4.79 Å². The topological polar surface area (TPSA) is 85.9 Å². The number of hydrogen-bond acceptors (Lipinski definition) is 5. The van der Waals surface area contributed by atoms with Crippen LogP contribution in [0.3, 0.4) is 0 Å². The van der Waals surface area contributed by atoms with Crippen LogP contribution in [0.25, 0.3) is 0 Å². The van der Waals surface area contributed by atoms with Crippen molar-refractivity contribution in [2.45, 2.75) is 39.7 Å². The Morgan fingerprint density at radius 3 is 2.61 bits per heavy atom. The molecule has 28 heavy (non-hydrogen) atoms. The third kappa shape index (κ3) is 5.10. The third-order valence-corrected chi connectivity index (χ3v) is 4.53. The van der Waals surface area contributed by atoms with Crippen molar-refractivity contribution in [1.29, 1.82) is 0 Å². The van der Waals surface area contributed by atoms with E-state index in [2.05, 4.69) is 24.1 Å². The molecule has 7 nitrogen and oxygen atoms in total. The molecule has 2 N–H and O–H groups in total. The van der Waals surface area contributed by atoms with E-state index < -0.39 is 24.0 Å². The van der Waals surface area contributed by atoms with Crippen LogP contribution in [0.5, 0.6) is 11.5 Å². The molecule has 154 valence electrons. The number of ether oxygens (including phenoxy) is 3. The van der Waals surface area contributed by atoms with E-state index in [1.165, 1.54) is 0 Å². The van der Waals surface area contributed by atoms with E-state index in [4.69, 9.17) is 25.8 Å². The first-order chi connectivity index (χ1) is 13.4. The molecule has 0 saturated carbocycles. The van der Waals surface area contributed by atoms with Gasteiger partial charge in [-0.05, 0) is 38.0 Å². The molecule has 0 unspecified atom stereocenters. The molecule has 1 saturated heterocycles. The van der Waals surface area contributed by atoms with Crippen LogP contribution in [-0.4, -0.2) is 31.8 Å². The summed E-state index contributed by atoms with van der Waals surface area (Å²) < 4.78 is 16.6. The van der Waals surface area contributed by atoms with Gasteiger partial charge < -0.3 is 24.8 Å². The van der Waals surface area contributed by atoms with Gasteiger partial charge in [-0.1, -0.05) is 31.5 Å². The zero-order chi connectivity index (χ0) is 20.7. The molecule has 8 heteroatoms. The minimum absolute atomic E-state index is 0.221. The van der Waals surface area contributed by atoms with Crippen molar-refractivity contribution in [3.63, 3.8) is 0 Å². The van der Waals surface area contributed by atoms with Gasteiger partial charge in [0.2, 0.25) is 0 Å². The summed E-state index contributed by atoms with van der Waals surface area (Å²) >= 11 is 6.46. The van der Waals surface area contributed by atoms with E-state index in [0.717, 1.165) is 12.8 Å². The summed E-state index contributed by atoms with van der Waals surface area (Å²) in [6.45, 7) is 10.6. The second kappa shape index (κ2) is 10.2. The molecule has 2 atom stereocenters. The van der Waals surface area contributed by atoms with E-state index in [1.54, 1.807) is 19.1 Å². The van der Waals surface area contributed by atoms with E-state index in [-0.39, 0.29) is 12.3 Å². The predicted octanol–water partition coefficient (Wildman–Crippen LogP) is 3.96. The highest BCUT2D eigenvalue weighted by molar-refractivity contribution is 6.32. The van der Waals surface area contributed by atoms with Crippen LogP contribution < -0.4 is 20.1 Å². The van der Waals surface area contributed by atoms with Gasteiger partial charge in [-0.15, -0.1) is 0 Å². The summed E-state index contributed by atoms with van der Waals surface area (Å²) in [6, 6.07) is 2.25. The highest BCUT2D eigenvalue weighted by Gasteiger charge is 2.39. The van der Waals surface area contributed by atoms with Crippen LogP contribution in [0.1, 0.15) is 45.2 Å². The Kier molecular flexibility index (Phi) is 7.99. The number of esters is 1. The monoisotopic (exact) mass is 410 g/mol. The lowest BCUT2D eigenvalue weighted by Crippen LogP contribution is -2.51. The van der Waals surface area contributed by atoms with Gasteiger partial charge in [0.15, 0.2) is 11.5 Å². The largest absolute Gasteiger partial charge is 0.490 e. The van der Waals surface area contributed by atoms with Gasteiger partial charge in [0.05, 0.1) is 30.9 Å². The van der Waals surface area contributed by atoms with Gasteiger partial charge >= 0.3 is 12.0 Å². The summed E-state index contributed by atoms with van der Waals surface area (Å²) in [5.41, 5.74) is 0.870. The van der Waals surface area contributed by atoms with Crippen LogP contribution >= 0.6 is 11.6 Å². The minimum atomic E-state index is -0.796. The number of unbranched alkanes of at least 4 members (excludes halogenated alkanes) is 1. The van der Waals surface area contributed by atoms with E-state index >= 15 is 0 Å². The van der Waals surface area contributed by atoms with Crippen LogP contribution in [0.15, 0.2) is 24.4 Å². The van der Waals surface area contributed by atoms with Gasteiger partial charge in [-0.3, -0.25) is 4.79 Å². The molecule has 0 radical (unpaired) electrons. The normalized spacial score (nSPS) is 18.9. The Balaban J connectivity index is 2.43. The standard InChI is InChI=1S/C20H27ClN2O5/c1-5-8-9-28-18-14(21)10-13(11-15(18)26-6-2)17-16(19(24)27-7-3)12(4)22-20(25)23-17/h10-11,16-17H,4-9H2,1-3H3,(H2,22,23,25)/t16-,17-/m0/s1. The third-order valence-electron chi connectivity index (χ3n) is 4.25. The van der Waals surface area contributed by atoms with Crippen molar-refractivity contribution in [2.24, 2.45) is 5.92 Å². The quantitative estimate of drug-likeness (QED) is 0.475. The molecule has 1 aromatic rings. The Bertz CT molecular complexity index is 738. The lowest BCUT2D eigenvalue weighted by Gasteiger charge is -2.33. The smallest absolute Gasteiger partial charge is 0.319 e. The number of carbonyl (C=O) groups excluding carboxylic acids is 2. The fraction of sp³-hybridized carbons (Fsp3) is 0.500. The second-order valence-corrected chi connectivity index (χ2v) is 6.70. The number of benzene rings is 1. The molecule has 0 spiro atoms. The maximum Gasteiger partial charge on any atom is 0.319 e. The molecular weight excluding hydrogens is 384 g/mol. The molecule has 1 aliphatic rings. The molecule has 1 fully saturated rings. The number of rotatable bonds is 9. The molecule has 2 amide bonds. The van der Waals surface area contributed by atoms with Gasteiger partial charge in [0.1, 0.15) is 5.92 Å². The molecule has 1 heterocycles. The summed E-state index contributed by atoms with van der Waals surface area (Å²) in [5.74, 6) is -0.369. The Morgan fingerprint density at radius 1 is 1.21 bits per heavy atom. The first kappa shape index (κ1) is 21.9. The summed E-state index contributed by atoms with van der Waals surface area (Å²) in [6.07, 6.45) is 1.88. The Hall–Kier alpha value is -2.41. The van der Waals surface area contributed by atoms with Crippen molar-refractivity contribution >= 4 is 23.6 Å². The average molecular weight is 411 g/mol. The number of urea groups is 1. The van der Waals surface area contributed by atoms with E-state index in [0.29, 0.717) is 35.3 Å². The van der Waals surface area contributed by atoms with Crippen molar-refractivity contribution in [3.8, 4) is 11.5 Å². The number of amides is 2. The molecule has 1 aromatic carbocycles. The molecule has 0 aliphatic carbocycles. The molecule has 2 rings (SSSR count). The number of carbonyl (C=O) groups is 2. The zero-order valence-electron chi connectivity index (χ0n) is 16.5. The number of nitrogens with one attached hydrogen (secondary N) is 2. The van der Waals surface area contributed by atoms with Gasteiger partial charge in [0, 0.05) is 5.70 Å². The van der Waals surface area contributed by atoms with Crippen molar-refractivity contribution in [1.82, 2.24) is 10.6 Å². The number of halogens is 1. The molecule has 1 aliphatic heterocycles. The lowest BCUT2D eigenvalue weighted by molar-refractivity contribution is -0.147. The van der Waals surface area contributed by atoms with E-state index in [1.807, 2.05) is 6.92 Å². The lowest BCUT2D eigenvalue weighted by atomic mass is 9.89. The summed E-state index contributed by atoms with van der Waals surface area (Å²) in [5, 5.41) is 5.63. The van der Waals surface area contributed by atoms with Crippen molar-refractivity contribution in [2.75, 3.05) is 19.8 Å². The predicted molar refractivity (Wildman–Crippen MR) is 107 cm³/mol. The SMILES string of the molecule is C=C1NC(=O)N[C@@H](c2cc(Cl)c(OCCCC)c(OCC)c2)[C@H]1C(=O)OCC. The molecule has 0 bridgehead atoms. The van der Waals surface area contributed by atoms with Crippen LogP contribution in [-0.2, 0) is 9.53 Å². The second-order valence-electron chi connectivity index (χ2n) is 6.30. The fourth-order valence-electron chi connectivity index (χ4n) is 2.96. The fourth-order valence-corrected chi connectivity index (χ4v) is 3.23. The Labute approximate surface area is 170 Å². The highest BCUT2D eigenvalue weighted by Crippen LogP contribution is 2.41. The minimum Gasteiger partial charge on any atom is -0.490 e. The molecular formula is C20H27ClN2O5. The van der Waals surface area contributed by atoms with Crippen LogP contribution in [0, 0.1) is 5.92 Å². The first-order valence-electron chi connectivity index (χ1n) is 9.44. The summed E-state index contributed by atoms with van der Waals surface area (Å²) in [7, 11) is 0. The van der Waals surface area contributed by atoms with Gasteiger partial charge in [-0.2, -0.15) is 0 Å². The maximum absolute atomic E-state index is 12.5. The number of hydrogen-bond donors (Lipinski definition) is 2. The van der Waals surface area contributed by atoms with Gasteiger partial charge in [0.25, 0.3) is 0 Å². The van der Waals surface area contributed by atoms with Crippen molar-refractivity contribution in [3.05, 3.63) is 35.0 Å². The van der Waals surface area contributed by atoms with Crippen molar-refractivity contribution < 1.29 is 23.8 Å². The average Bonchev–Trinajstić information content (AvgIpc) is 2.63. The first-order valence-corrected chi connectivity index (χ1v) is 9.82. The van der Waals surface area contributed by atoms with Crippen LogP contribution in [0.2, 0.25) is 5.02 Å². The highest BCUT2D eigenvalue weighted by atomic mass is 35.5. The van der Waals surface area contributed by atoms with Crippen LogP contribution in [0.4, 0.5) is 4.79 Å².